The zero-order chi connectivity index (χ0) is 42.5. The molecule has 2 amide bonds. The first kappa shape index (κ1) is 38.2. The summed E-state index contributed by atoms with van der Waals surface area (Å²) in [5.41, 5.74) is 5.17. The SMILES string of the molecule is COc1cc2ncnc(-c3cn(Cc4c(OC)c(N5CC6(CN(C)C6)OC5=O)cc5c(Nc6cccc(Cl)c6)ncnc45)c4ccccc34)c2cc1N1CC2(CN(C)C2)OC1=O. The molecule has 17 heteroatoms. The molecule has 62 heavy (non-hydrogen) atoms. The Morgan fingerprint density at radius 2 is 1.44 bits per heavy atom. The maximum atomic E-state index is 13.8. The number of likely N-dealkylation sites (tertiary alicyclic amines) is 2. The Balaban J connectivity index is 1.06. The number of aromatic nitrogens is 5. The molecular weight excluding hydrogens is 812 g/mol. The third-order valence-corrected chi connectivity index (χ3v) is 12.5. The van der Waals surface area contributed by atoms with Gasteiger partial charge in [0.05, 0.1) is 62.0 Å². The van der Waals surface area contributed by atoms with E-state index in [9.17, 15) is 9.59 Å². The van der Waals surface area contributed by atoms with Crippen LogP contribution >= 0.6 is 11.6 Å². The lowest BCUT2D eigenvalue weighted by atomic mass is 9.94. The fourth-order valence-electron chi connectivity index (χ4n) is 9.83. The molecule has 1 N–H and O–H groups in total. The number of anilines is 4. The van der Waals surface area contributed by atoms with Crippen molar-refractivity contribution in [3.8, 4) is 22.8 Å². The van der Waals surface area contributed by atoms with Crippen LogP contribution in [0.4, 0.5) is 32.5 Å². The molecule has 7 aromatic rings. The number of hydrogen-bond acceptors (Lipinski definition) is 13. The number of benzene rings is 4. The third kappa shape index (κ3) is 6.11. The fourth-order valence-corrected chi connectivity index (χ4v) is 10.0. The largest absolute Gasteiger partial charge is 0.494 e. The summed E-state index contributed by atoms with van der Waals surface area (Å²) in [5, 5.41) is 6.36. The van der Waals surface area contributed by atoms with Gasteiger partial charge in [-0.25, -0.2) is 29.5 Å². The zero-order valence-corrected chi connectivity index (χ0v) is 35.1. The van der Waals surface area contributed by atoms with Crippen molar-refractivity contribution in [1.82, 2.24) is 34.3 Å². The van der Waals surface area contributed by atoms with Crippen LogP contribution in [0.5, 0.6) is 11.5 Å². The van der Waals surface area contributed by atoms with Gasteiger partial charge in [-0.15, -0.1) is 0 Å². The van der Waals surface area contributed by atoms with Gasteiger partial charge in [-0.05, 0) is 50.5 Å². The van der Waals surface area contributed by atoms with Gasteiger partial charge in [0.25, 0.3) is 0 Å². The number of hydrogen-bond donors (Lipinski definition) is 1. The number of ether oxygens (including phenoxy) is 4. The highest BCUT2D eigenvalue weighted by molar-refractivity contribution is 6.30. The second-order valence-corrected chi connectivity index (χ2v) is 17.2. The van der Waals surface area contributed by atoms with Gasteiger partial charge in [-0.1, -0.05) is 35.9 Å². The van der Waals surface area contributed by atoms with Gasteiger partial charge in [-0.2, -0.15) is 0 Å². The van der Waals surface area contributed by atoms with E-state index in [1.54, 1.807) is 36.4 Å². The predicted molar refractivity (Wildman–Crippen MR) is 235 cm³/mol. The maximum absolute atomic E-state index is 13.8. The lowest BCUT2D eigenvalue weighted by Crippen LogP contribution is -2.62. The lowest BCUT2D eigenvalue weighted by Gasteiger charge is -2.43. The molecule has 3 aromatic heterocycles. The maximum Gasteiger partial charge on any atom is 0.415 e. The van der Waals surface area contributed by atoms with Gasteiger partial charge in [0.1, 0.15) is 30.0 Å². The minimum Gasteiger partial charge on any atom is -0.494 e. The van der Waals surface area contributed by atoms with Crippen LogP contribution in [0.1, 0.15) is 5.56 Å². The number of carbonyl (C=O) groups excluding carboxylic acids is 2. The van der Waals surface area contributed by atoms with Crippen molar-refractivity contribution in [3.63, 3.8) is 0 Å². The van der Waals surface area contributed by atoms with Gasteiger partial charge >= 0.3 is 12.2 Å². The van der Waals surface area contributed by atoms with Crippen LogP contribution in [0.25, 0.3) is 44.0 Å². The van der Waals surface area contributed by atoms with Crippen LogP contribution in [0.3, 0.4) is 0 Å². The number of para-hydroxylation sites is 1. The highest BCUT2D eigenvalue weighted by Gasteiger charge is 2.54. The molecule has 4 aromatic carbocycles. The van der Waals surface area contributed by atoms with Crippen molar-refractivity contribution < 1.29 is 28.5 Å². The zero-order valence-electron chi connectivity index (χ0n) is 34.4. The van der Waals surface area contributed by atoms with Crippen LogP contribution in [-0.2, 0) is 16.0 Å². The van der Waals surface area contributed by atoms with Crippen LogP contribution in [0, 0.1) is 0 Å². The van der Waals surface area contributed by atoms with E-state index in [0.717, 1.165) is 33.1 Å². The first-order chi connectivity index (χ1) is 30.0. The monoisotopic (exact) mass is 852 g/mol. The van der Waals surface area contributed by atoms with E-state index in [2.05, 4.69) is 48.0 Å². The Labute approximate surface area is 360 Å². The Kier molecular flexibility index (Phi) is 8.72. The lowest BCUT2D eigenvalue weighted by molar-refractivity contribution is -0.0603. The Hall–Kier alpha value is -6.75. The average Bonchev–Trinajstić information content (AvgIpc) is 3.90. The molecule has 7 heterocycles. The molecule has 0 radical (unpaired) electrons. The summed E-state index contributed by atoms with van der Waals surface area (Å²) < 4.78 is 26.2. The van der Waals surface area contributed by atoms with Gasteiger partial charge < -0.3 is 28.8 Å². The highest BCUT2D eigenvalue weighted by atomic mass is 35.5. The first-order valence-corrected chi connectivity index (χ1v) is 20.6. The quantitative estimate of drug-likeness (QED) is 0.160. The number of carbonyl (C=O) groups is 2. The number of rotatable bonds is 9. The first-order valence-electron chi connectivity index (χ1n) is 20.2. The molecule has 0 aliphatic carbocycles. The smallest absolute Gasteiger partial charge is 0.415 e. The summed E-state index contributed by atoms with van der Waals surface area (Å²) in [6.45, 7) is 3.64. The number of fused-ring (bicyclic) bond motifs is 3. The van der Waals surface area contributed by atoms with Crippen LogP contribution < -0.4 is 24.6 Å². The van der Waals surface area contributed by atoms with Crippen LogP contribution in [0.2, 0.25) is 5.02 Å². The molecular formula is C45H41ClN10O6. The molecule has 11 rings (SSSR count). The number of methoxy groups -OCH3 is 2. The number of amides is 2. The van der Waals surface area contributed by atoms with Crippen LogP contribution in [0.15, 0.2) is 85.6 Å². The number of nitrogens with zero attached hydrogens (tertiary/aromatic N) is 9. The minimum absolute atomic E-state index is 0.288. The van der Waals surface area contributed by atoms with Crippen molar-refractivity contribution in [2.24, 2.45) is 0 Å². The third-order valence-electron chi connectivity index (χ3n) is 12.3. The second kappa shape index (κ2) is 14.2. The molecule has 0 bridgehead atoms. The van der Waals surface area contributed by atoms with E-state index in [-0.39, 0.29) is 6.54 Å². The van der Waals surface area contributed by atoms with Gasteiger partial charge in [0, 0.05) is 82.0 Å². The predicted octanol–water partition coefficient (Wildman–Crippen LogP) is 6.94. The molecule has 0 unspecified atom stereocenters. The molecule has 4 saturated heterocycles. The Bertz CT molecular complexity index is 3000. The standard InChI is InChI=1S/C45H41ClN10O6/c1-52-18-44(19-52)22-55(42(57)61-44)35-13-29-33(15-37(35)59-3)47-24-48-38(29)31-16-54(34-11-6-5-10-28(31)34)17-32-39-30(41(50-25-49-39)51-27-9-7-8-26(46)12-27)14-36(40(32)60-4)56-23-45(62-43(56)58)20-53(2)21-45/h5-16,24-25H,17-23H2,1-4H3,(H,49,50,51). The van der Waals surface area contributed by atoms with E-state index < -0.39 is 23.4 Å². The summed E-state index contributed by atoms with van der Waals surface area (Å²) in [7, 11) is 7.20. The van der Waals surface area contributed by atoms with E-state index >= 15 is 0 Å². The summed E-state index contributed by atoms with van der Waals surface area (Å²) >= 11 is 6.38. The second-order valence-electron chi connectivity index (χ2n) is 16.7. The topological polar surface area (TPSA) is 153 Å². The van der Waals surface area contributed by atoms with E-state index in [1.807, 2.05) is 62.6 Å². The van der Waals surface area contributed by atoms with Crippen molar-refractivity contribution >= 4 is 79.4 Å². The number of likely N-dealkylation sites (N-methyl/N-ethyl adjacent to an activating group) is 2. The molecule has 4 fully saturated rings. The van der Waals surface area contributed by atoms with Gasteiger partial charge in [0.15, 0.2) is 11.2 Å². The summed E-state index contributed by atoms with van der Waals surface area (Å²) in [6.07, 6.45) is 4.26. The normalized spacial score (nSPS) is 18.1. The number of nitrogens with one attached hydrogen (secondary N) is 1. The Morgan fingerprint density at radius 3 is 2.13 bits per heavy atom. The van der Waals surface area contributed by atoms with Crippen molar-refractivity contribution in [1.29, 1.82) is 0 Å². The van der Waals surface area contributed by atoms with Crippen molar-refractivity contribution in [2.45, 2.75) is 17.7 Å². The number of halogens is 1. The average molecular weight is 853 g/mol. The highest BCUT2D eigenvalue weighted by Crippen LogP contribution is 2.46. The van der Waals surface area contributed by atoms with Crippen LogP contribution in [-0.4, -0.2) is 125 Å². The summed E-state index contributed by atoms with van der Waals surface area (Å²) in [6, 6.07) is 21.2. The molecule has 4 aliphatic heterocycles. The minimum atomic E-state index is -0.610. The van der Waals surface area contributed by atoms with E-state index in [4.69, 9.17) is 40.5 Å². The summed E-state index contributed by atoms with van der Waals surface area (Å²) in [4.78, 5) is 53.7. The molecule has 16 nitrogen and oxygen atoms in total. The molecule has 314 valence electrons. The fraction of sp³-hybridized carbons (Fsp3) is 0.289. The molecule has 2 spiro atoms. The van der Waals surface area contributed by atoms with E-state index in [0.29, 0.717) is 95.1 Å². The van der Waals surface area contributed by atoms with Crippen molar-refractivity contribution in [2.75, 3.05) is 82.7 Å². The molecule has 4 aliphatic rings. The van der Waals surface area contributed by atoms with Gasteiger partial charge in [0.2, 0.25) is 0 Å². The molecule has 0 saturated carbocycles. The van der Waals surface area contributed by atoms with Gasteiger partial charge in [-0.3, -0.25) is 19.6 Å². The summed E-state index contributed by atoms with van der Waals surface area (Å²) in [5.74, 6) is 1.53. The Morgan fingerprint density at radius 1 is 0.742 bits per heavy atom. The van der Waals surface area contributed by atoms with Crippen molar-refractivity contribution in [3.05, 3.63) is 96.2 Å². The van der Waals surface area contributed by atoms with E-state index in [1.165, 1.54) is 6.33 Å². The molecule has 0 atom stereocenters.